The summed E-state index contributed by atoms with van der Waals surface area (Å²) < 4.78 is 6.13. The Bertz CT molecular complexity index is 1040. The molecular formula is C28H39N5O2. The van der Waals surface area contributed by atoms with Gasteiger partial charge in [0.25, 0.3) is 0 Å². The van der Waals surface area contributed by atoms with E-state index in [-0.39, 0.29) is 0 Å². The van der Waals surface area contributed by atoms with E-state index in [4.69, 9.17) is 15.5 Å². The van der Waals surface area contributed by atoms with Crippen molar-refractivity contribution in [3.63, 3.8) is 0 Å². The molecule has 0 spiro atoms. The second kappa shape index (κ2) is 10.2. The number of piperidine rings is 1. The van der Waals surface area contributed by atoms with E-state index >= 15 is 0 Å². The molecule has 0 bridgehead atoms. The van der Waals surface area contributed by atoms with E-state index in [1.165, 1.54) is 70.0 Å². The van der Waals surface area contributed by atoms with Crippen LogP contribution >= 0.6 is 0 Å². The zero-order valence-corrected chi connectivity index (χ0v) is 21.1. The molecule has 3 aliphatic rings. The predicted molar refractivity (Wildman–Crippen MR) is 139 cm³/mol. The van der Waals surface area contributed by atoms with Crippen LogP contribution in [-0.4, -0.2) is 57.5 Å². The van der Waals surface area contributed by atoms with Crippen LogP contribution in [0.15, 0.2) is 35.6 Å². The van der Waals surface area contributed by atoms with Gasteiger partial charge in [0.2, 0.25) is 5.88 Å². The first-order chi connectivity index (χ1) is 16.9. The molecule has 1 aromatic carbocycles. The molecule has 1 aliphatic carbocycles. The standard InChI is InChI=1S/C28H39N5O2/c1-28(2)25(32-24-26(29)30-18-31-27(24)35-28)23-9-7-22(8-10-23)21-5-3-20(4-6-21)17-33-14-11-19(12-15-33)13-16-34/h7-10,18-21,34H,3-6,11-17H2,1-2H3,(H2,29,30,31). The van der Waals surface area contributed by atoms with E-state index < -0.39 is 5.60 Å². The third kappa shape index (κ3) is 5.36. The lowest BCUT2D eigenvalue weighted by atomic mass is 9.78. The monoisotopic (exact) mass is 477 g/mol. The van der Waals surface area contributed by atoms with Crippen LogP contribution in [0.2, 0.25) is 0 Å². The molecule has 5 rings (SSSR count). The van der Waals surface area contributed by atoms with Crippen molar-refractivity contribution in [1.82, 2.24) is 14.9 Å². The number of aliphatic hydroxyl groups excluding tert-OH is 1. The summed E-state index contributed by atoms with van der Waals surface area (Å²) in [5.74, 6) is 2.97. The number of rotatable bonds is 6. The Morgan fingerprint density at radius 1 is 1.00 bits per heavy atom. The molecular weight excluding hydrogens is 438 g/mol. The van der Waals surface area contributed by atoms with Crippen molar-refractivity contribution >= 4 is 17.2 Å². The van der Waals surface area contributed by atoms with E-state index in [1.54, 1.807) is 0 Å². The minimum absolute atomic E-state index is 0.339. The highest BCUT2D eigenvalue weighted by molar-refractivity contribution is 6.09. The Morgan fingerprint density at radius 2 is 1.71 bits per heavy atom. The van der Waals surface area contributed by atoms with Crippen LogP contribution in [-0.2, 0) is 0 Å². The number of anilines is 1. The average molecular weight is 478 g/mol. The second-order valence-corrected chi connectivity index (χ2v) is 11.1. The number of likely N-dealkylation sites (tertiary alicyclic amines) is 1. The van der Waals surface area contributed by atoms with Gasteiger partial charge in [0, 0.05) is 18.7 Å². The minimum Gasteiger partial charge on any atom is -0.463 e. The van der Waals surface area contributed by atoms with Gasteiger partial charge >= 0.3 is 0 Å². The lowest BCUT2D eigenvalue weighted by Gasteiger charge is -2.36. The quantitative estimate of drug-likeness (QED) is 0.625. The maximum atomic E-state index is 9.18. The van der Waals surface area contributed by atoms with Gasteiger partial charge in [-0.1, -0.05) is 24.3 Å². The smallest absolute Gasteiger partial charge is 0.246 e. The molecule has 35 heavy (non-hydrogen) atoms. The number of nitrogens with zero attached hydrogens (tertiary/aromatic N) is 4. The number of nitrogens with two attached hydrogens (primary N) is 1. The van der Waals surface area contributed by atoms with Crippen LogP contribution in [0, 0.1) is 11.8 Å². The maximum absolute atomic E-state index is 9.18. The summed E-state index contributed by atoms with van der Waals surface area (Å²) >= 11 is 0. The molecule has 2 aromatic rings. The summed E-state index contributed by atoms with van der Waals surface area (Å²) in [6.45, 7) is 8.03. The number of nitrogen functional groups attached to an aromatic ring is 1. The van der Waals surface area contributed by atoms with Gasteiger partial charge in [-0.25, -0.2) is 9.98 Å². The van der Waals surface area contributed by atoms with E-state index in [0.29, 0.717) is 29.9 Å². The number of aromatic nitrogens is 2. The second-order valence-electron chi connectivity index (χ2n) is 11.1. The van der Waals surface area contributed by atoms with Gasteiger partial charge in [0.1, 0.15) is 11.9 Å². The van der Waals surface area contributed by atoms with Crippen LogP contribution in [0.5, 0.6) is 5.88 Å². The SMILES string of the molecule is CC1(C)Oc2ncnc(N)c2N=C1c1ccc(C2CCC(CN3CCC(CCO)CC3)CC2)cc1. The molecule has 0 atom stereocenters. The molecule has 2 aliphatic heterocycles. The van der Waals surface area contributed by atoms with Crippen molar-refractivity contribution in [3.05, 3.63) is 41.7 Å². The third-order valence-electron chi connectivity index (χ3n) is 8.23. The molecule has 3 heterocycles. The van der Waals surface area contributed by atoms with Gasteiger partial charge in [0.05, 0.1) is 5.71 Å². The fourth-order valence-electron chi connectivity index (χ4n) is 6.10. The van der Waals surface area contributed by atoms with Crippen LogP contribution in [0.1, 0.15) is 75.8 Å². The topological polar surface area (TPSA) is 96.9 Å². The van der Waals surface area contributed by atoms with Crippen molar-refractivity contribution in [2.24, 2.45) is 16.8 Å². The summed E-state index contributed by atoms with van der Waals surface area (Å²) in [6, 6.07) is 8.89. The highest BCUT2D eigenvalue weighted by Gasteiger charge is 2.35. The van der Waals surface area contributed by atoms with Crippen LogP contribution in [0.4, 0.5) is 11.5 Å². The van der Waals surface area contributed by atoms with E-state index in [0.717, 1.165) is 29.5 Å². The third-order valence-corrected chi connectivity index (χ3v) is 8.23. The molecule has 0 radical (unpaired) electrons. The first-order valence-electron chi connectivity index (χ1n) is 13.2. The fourth-order valence-corrected chi connectivity index (χ4v) is 6.10. The first kappa shape index (κ1) is 24.2. The van der Waals surface area contributed by atoms with Crippen molar-refractivity contribution in [2.45, 2.75) is 70.3 Å². The Balaban J connectivity index is 1.19. The number of benzene rings is 1. The van der Waals surface area contributed by atoms with Crippen molar-refractivity contribution in [2.75, 3.05) is 32.0 Å². The first-order valence-corrected chi connectivity index (χ1v) is 13.2. The minimum atomic E-state index is -0.597. The summed E-state index contributed by atoms with van der Waals surface area (Å²) in [4.78, 5) is 15.7. The maximum Gasteiger partial charge on any atom is 0.246 e. The molecule has 1 aromatic heterocycles. The normalized spacial score (nSPS) is 24.9. The van der Waals surface area contributed by atoms with Gasteiger partial charge < -0.3 is 20.5 Å². The number of aliphatic imine (C=N–C) groups is 1. The summed E-state index contributed by atoms with van der Waals surface area (Å²) in [7, 11) is 0. The Hall–Kier alpha value is -2.51. The molecule has 7 heteroatoms. The fraction of sp³-hybridized carbons (Fsp3) is 0.607. The van der Waals surface area contributed by atoms with Crippen LogP contribution in [0.25, 0.3) is 0 Å². The molecule has 2 fully saturated rings. The molecule has 0 unspecified atom stereocenters. The highest BCUT2D eigenvalue weighted by Crippen LogP contribution is 2.40. The number of hydrogen-bond donors (Lipinski definition) is 2. The lowest BCUT2D eigenvalue weighted by Crippen LogP contribution is -2.41. The average Bonchev–Trinajstić information content (AvgIpc) is 2.85. The molecule has 0 amide bonds. The predicted octanol–water partition coefficient (Wildman–Crippen LogP) is 4.72. The summed E-state index contributed by atoms with van der Waals surface area (Å²) in [6.07, 6.45) is 10.0. The van der Waals surface area contributed by atoms with Gasteiger partial charge in [-0.3, -0.25) is 0 Å². The largest absolute Gasteiger partial charge is 0.463 e. The number of ether oxygens (including phenoxy) is 1. The Morgan fingerprint density at radius 3 is 2.40 bits per heavy atom. The zero-order valence-electron chi connectivity index (χ0n) is 21.1. The van der Waals surface area contributed by atoms with Crippen molar-refractivity contribution < 1.29 is 9.84 Å². The Kier molecular flexibility index (Phi) is 7.07. The molecule has 7 nitrogen and oxygen atoms in total. The van der Waals surface area contributed by atoms with E-state index in [9.17, 15) is 5.11 Å². The number of aliphatic hydroxyl groups is 1. The van der Waals surface area contributed by atoms with Gasteiger partial charge in [-0.15, -0.1) is 0 Å². The summed E-state index contributed by atoms with van der Waals surface area (Å²) in [5, 5.41) is 9.18. The number of fused-ring (bicyclic) bond motifs is 1. The zero-order chi connectivity index (χ0) is 24.4. The van der Waals surface area contributed by atoms with E-state index in [2.05, 4.69) is 39.1 Å². The van der Waals surface area contributed by atoms with Crippen LogP contribution < -0.4 is 10.5 Å². The highest BCUT2D eigenvalue weighted by atomic mass is 16.5. The molecule has 1 saturated heterocycles. The van der Waals surface area contributed by atoms with Crippen molar-refractivity contribution in [1.29, 1.82) is 0 Å². The lowest BCUT2D eigenvalue weighted by molar-refractivity contribution is 0.129. The Labute approximate surface area is 208 Å². The molecule has 3 N–H and O–H groups in total. The van der Waals surface area contributed by atoms with Crippen LogP contribution in [0.3, 0.4) is 0 Å². The summed E-state index contributed by atoms with van der Waals surface area (Å²) in [5.41, 5.74) is 9.27. The van der Waals surface area contributed by atoms with Gasteiger partial charge in [-0.2, -0.15) is 4.98 Å². The molecule has 188 valence electrons. The molecule has 1 saturated carbocycles. The van der Waals surface area contributed by atoms with Gasteiger partial charge in [0.15, 0.2) is 11.5 Å². The van der Waals surface area contributed by atoms with Gasteiger partial charge in [-0.05, 0) is 95.2 Å². The number of hydrogen-bond acceptors (Lipinski definition) is 7. The van der Waals surface area contributed by atoms with E-state index in [1.807, 2.05) is 13.8 Å². The van der Waals surface area contributed by atoms with Crippen molar-refractivity contribution in [3.8, 4) is 5.88 Å².